The van der Waals surface area contributed by atoms with Crippen molar-refractivity contribution in [3.8, 4) is 0 Å². The third-order valence-electron chi connectivity index (χ3n) is 4.10. The van der Waals surface area contributed by atoms with Gasteiger partial charge in [-0.2, -0.15) is 0 Å². The third-order valence-corrected chi connectivity index (χ3v) is 4.10. The molecule has 1 rings (SSSR count). The molecule has 0 spiro atoms. The molecule has 0 bridgehead atoms. The van der Waals surface area contributed by atoms with E-state index in [1.165, 1.54) is 0 Å². The topological polar surface area (TPSA) is 78.4 Å². The summed E-state index contributed by atoms with van der Waals surface area (Å²) in [6, 6.07) is -0.386. The fraction of sp³-hybridized carbons (Fsp3) is 0.857. The Hall–Kier alpha value is -1.26. The highest BCUT2D eigenvalue weighted by molar-refractivity contribution is 5.86. The fourth-order valence-corrected chi connectivity index (χ4v) is 2.56. The first-order valence-corrected chi connectivity index (χ1v) is 7.04. The number of hydrogen-bond acceptors (Lipinski definition) is 2. The van der Waals surface area contributed by atoms with Crippen LogP contribution in [0.2, 0.25) is 0 Å². The van der Waals surface area contributed by atoms with Gasteiger partial charge < -0.3 is 15.7 Å². The second-order valence-electron chi connectivity index (χ2n) is 6.41. The number of nitrogens with one attached hydrogen (secondary N) is 2. The van der Waals surface area contributed by atoms with E-state index in [-0.39, 0.29) is 11.6 Å². The Bertz CT molecular complexity index is 355. The van der Waals surface area contributed by atoms with Crippen molar-refractivity contribution in [3.63, 3.8) is 0 Å². The van der Waals surface area contributed by atoms with E-state index in [1.807, 2.05) is 27.7 Å². The highest BCUT2D eigenvalue weighted by atomic mass is 16.4. The molecule has 0 aliphatic heterocycles. The molecule has 5 heteroatoms. The minimum Gasteiger partial charge on any atom is -0.480 e. The van der Waals surface area contributed by atoms with E-state index >= 15 is 0 Å². The number of carboxylic acids is 1. The van der Waals surface area contributed by atoms with E-state index in [9.17, 15) is 14.7 Å². The van der Waals surface area contributed by atoms with E-state index in [1.54, 1.807) is 0 Å². The van der Waals surface area contributed by atoms with E-state index in [0.717, 1.165) is 19.3 Å². The highest BCUT2D eigenvalue weighted by Gasteiger charge is 2.43. The number of amides is 2. The van der Waals surface area contributed by atoms with Crippen LogP contribution in [0.15, 0.2) is 0 Å². The maximum Gasteiger partial charge on any atom is 0.329 e. The Morgan fingerprint density at radius 1 is 1.42 bits per heavy atom. The second-order valence-corrected chi connectivity index (χ2v) is 6.41. The Balaban J connectivity index is 2.74. The van der Waals surface area contributed by atoms with Crippen LogP contribution in [0.3, 0.4) is 0 Å². The van der Waals surface area contributed by atoms with Gasteiger partial charge in [-0.25, -0.2) is 9.59 Å². The molecule has 5 nitrogen and oxygen atoms in total. The van der Waals surface area contributed by atoms with Crippen molar-refractivity contribution < 1.29 is 14.7 Å². The average molecular weight is 270 g/mol. The van der Waals surface area contributed by atoms with Crippen LogP contribution < -0.4 is 10.6 Å². The minimum absolute atomic E-state index is 0.323. The SMILES string of the molecule is CCC(C)(C)NC(=O)NC1(C(=O)O)CCCC(C)C1. The molecule has 0 aromatic carbocycles. The summed E-state index contributed by atoms with van der Waals surface area (Å²) in [5, 5.41) is 15.0. The molecule has 0 aromatic heterocycles. The summed E-state index contributed by atoms with van der Waals surface area (Å²) in [6.45, 7) is 7.86. The van der Waals surface area contributed by atoms with Crippen molar-refractivity contribution in [1.29, 1.82) is 0 Å². The van der Waals surface area contributed by atoms with Gasteiger partial charge >= 0.3 is 12.0 Å². The van der Waals surface area contributed by atoms with Gasteiger partial charge in [-0.15, -0.1) is 0 Å². The van der Waals surface area contributed by atoms with Gasteiger partial charge in [-0.05, 0) is 39.0 Å². The van der Waals surface area contributed by atoms with Crippen molar-refractivity contribution in [1.82, 2.24) is 10.6 Å². The van der Waals surface area contributed by atoms with Crippen LogP contribution in [0.5, 0.6) is 0 Å². The van der Waals surface area contributed by atoms with Crippen LogP contribution >= 0.6 is 0 Å². The van der Waals surface area contributed by atoms with Gasteiger partial charge in [0.05, 0.1) is 0 Å². The summed E-state index contributed by atoms with van der Waals surface area (Å²) in [5.41, 5.74) is -1.43. The van der Waals surface area contributed by atoms with E-state index in [4.69, 9.17) is 0 Å². The lowest BCUT2D eigenvalue weighted by atomic mass is 9.76. The number of carboxylic acid groups (broad SMARTS) is 1. The molecule has 1 aliphatic carbocycles. The summed E-state index contributed by atoms with van der Waals surface area (Å²) in [5.74, 6) is -0.604. The quantitative estimate of drug-likeness (QED) is 0.734. The van der Waals surface area contributed by atoms with Crippen molar-refractivity contribution in [2.45, 2.75) is 70.9 Å². The van der Waals surface area contributed by atoms with Gasteiger partial charge in [0.2, 0.25) is 0 Å². The van der Waals surface area contributed by atoms with Gasteiger partial charge in [-0.3, -0.25) is 0 Å². The lowest BCUT2D eigenvalue weighted by Gasteiger charge is -2.38. The van der Waals surface area contributed by atoms with Gasteiger partial charge in [0.25, 0.3) is 0 Å². The minimum atomic E-state index is -1.11. The number of aliphatic carboxylic acids is 1. The van der Waals surface area contributed by atoms with Crippen molar-refractivity contribution in [3.05, 3.63) is 0 Å². The van der Waals surface area contributed by atoms with Crippen molar-refractivity contribution >= 4 is 12.0 Å². The normalized spacial score (nSPS) is 27.7. The lowest BCUT2D eigenvalue weighted by Crippen LogP contribution is -2.61. The maximum absolute atomic E-state index is 12.0. The lowest BCUT2D eigenvalue weighted by molar-refractivity contribution is -0.146. The molecule has 19 heavy (non-hydrogen) atoms. The van der Waals surface area contributed by atoms with Crippen molar-refractivity contribution in [2.24, 2.45) is 5.92 Å². The second kappa shape index (κ2) is 5.80. The predicted octanol–water partition coefficient (Wildman–Crippen LogP) is 2.51. The molecule has 0 saturated heterocycles. The Morgan fingerprint density at radius 3 is 2.53 bits per heavy atom. The largest absolute Gasteiger partial charge is 0.480 e. The van der Waals surface area contributed by atoms with Crippen LogP contribution in [0.4, 0.5) is 4.79 Å². The Labute approximate surface area is 115 Å². The average Bonchev–Trinajstić information content (AvgIpc) is 2.27. The zero-order valence-electron chi connectivity index (χ0n) is 12.4. The number of rotatable bonds is 4. The van der Waals surface area contributed by atoms with Crippen LogP contribution in [0.1, 0.15) is 59.8 Å². The van der Waals surface area contributed by atoms with Gasteiger partial charge in [0.1, 0.15) is 5.54 Å². The smallest absolute Gasteiger partial charge is 0.329 e. The molecule has 3 N–H and O–H groups in total. The van der Waals surface area contributed by atoms with E-state index in [2.05, 4.69) is 10.6 Å². The zero-order valence-corrected chi connectivity index (χ0v) is 12.4. The molecule has 110 valence electrons. The molecular weight excluding hydrogens is 244 g/mol. The van der Waals surface area contributed by atoms with Crippen LogP contribution in [0, 0.1) is 5.92 Å². The van der Waals surface area contributed by atoms with E-state index in [0.29, 0.717) is 18.8 Å². The molecule has 2 amide bonds. The monoisotopic (exact) mass is 270 g/mol. The molecule has 1 aliphatic rings. The van der Waals surface area contributed by atoms with Crippen LogP contribution in [0.25, 0.3) is 0 Å². The Kier molecular flexibility index (Phi) is 4.82. The molecule has 2 unspecified atom stereocenters. The maximum atomic E-state index is 12.0. The first-order valence-electron chi connectivity index (χ1n) is 7.04. The summed E-state index contributed by atoms with van der Waals surface area (Å²) in [4.78, 5) is 23.6. The highest BCUT2D eigenvalue weighted by Crippen LogP contribution is 2.32. The number of urea groups is 1. The van der Waals surface area contributed by atoms with Gasteiger partial charge in [0.15, 0.2) is 0 Å². The Morgan fingerprint density at radius 2 is 2.05 bits per heavy atom. The van der Waals surface area contributed by atoms with Gasteiger partial charge in [-0.1, -0.05) is 26.7 Å². The van der Waals surface area contributed by atoms with Crippen LogP contribution in [-0.2, 0) is 4.79 Å². The first kappa shape index (κ1) is 15.8. The predicted molar refractivity (Wildman–Crippen MR) is 74.0 cm³/mol. The molecule has 0 heterocycles. The summed E-state index contributed by atoms with van der Waals surface area (Å²) >= 11 is 0. The molecule has 0 radical (unpaired) electrons. The zero-order chi connectivity index (χ0) is 14.7. The van der Waals surface area contributed by atoms with Crippen molar-refractivity contribution in [2.75, 3.05) is 0 Å². The molecule has 2 atom stereocenters. The number of carbonyl (C=O) groups is 2. The number of carbonyl (C=O) groups excluding carboxylic acids is 1. The molecule has 1 saturated carbocycles. The number of hydrogen-bond donors (Lipinski definition) is 3. The standard InChI is InChI=1S/C14H26N2O3/c1-5-13(3,4)15-12(19)16-14(11(17)18)8-6-7-10(2)9-14/h10H,5-9H2,1-4H3,(H,17,18)(H2,15,16,19). The third kappa shape index (κ3) is 4.11. The summed E-state index contributed by atoms with van der Waals surface area (Å²) in [6.07, 6.45) is 3.66. The van der Waals surface area contributed by atoms with E-state index < -0.39 is 11.5 Å². The molecule has 1 fully saturated rings. The fourth-order valence-electron chi connectivity index (χ4n) is 2.56. The summed E-state index contributed by atoms with van der Waals surface area (Å²) in [7, 11) is 0. The molecule has 0 aromatic rings. The summed E-state index contributed by atoms with van der Waals surface area (Å²) < 4.78 is 0. The first-order chi connectivity index (χ1) is 8.71. The van der Waals surface area contributed by atoms with Gasteiger partial charge in [0, 0.05) is 5.54 Å². The molecular formula is C14H26N2O3. The van der Waals surface area contributed by atoms with Crippen LogP contribution in [-0.4, -0.2) is 28.2 Å².